The van der Waals surface area contributed by atoms with Crippen molar-refractivity contribution in [2.24, 2.45) is 0 Å². The molecule has 3 rings (SSSR count). The zero-order chi connectivity index (χ0) is 21.0. The van der Waals surface area contributed by atoms with Crippen molar-refractivity contribution in [3.8, 4) is 16.4 Å². The van der Waals surface area contributed by atoms with Gasteiger partial charge in [-0.1, -0.05) is 12.1 Å². The van der Waals surface area contributed by atoms with Gasteiger partial charge < -0.3 is 10.2 Å². The van der Waals surface area contributed by atoms with E-state index in [2.05, 4.69) is 15.4 Å². The van der Waals surface area contributed by atoms with E-state index >= 15 is 0 Å². The summed E-state index contributed by atoms with van der Waals surface area (Å²) in [6, 6.07) is 8.36. The van der Waals surface area contributed by atoms with E-state index < -0.39 is 17.6 Å². The van der Waals surface area contributed by atoms with Gasteiger partial charge in [0.05, 0.1) is 16.1 Å². The van der Waals surface area contributed by atoms with Crippen LogP contribution in [-0.2, 0) is 6.18 Å². The first kappa shape index (κ1) is 21.0. The highest BCUT2D eigenvalue weighted by atomic mass is 32.1. The molecule has 0 saturated heterocycles. The molecule has 0 aliphatic carbocycles. The van der Waals surface area contributed by atoms with Crippen LogP contribution in [0.2, 0.25) is 0 Å². The summed E-state index contributed by atoms with van der Waals surface area (Å²) < 4.78 is 40.6. The summed E-state index contributed by atoms with van der Waals surface area (Å²) in [7, 11) is 3.88. The minimum Gasteiger partial charge on any atom is -0.349 e. The molecule has 1 N–H and O–H groups in total. The molecule has 2 heterocycles. The molecule has 0 radical (unpaired) electrons. The van der Waals surface area contributed by atoms with E-state index in [1.165, 1.54) is 28.2 Å². The van der Waals surface area contributed by atoms with Crippen molar-refractivity contribution < 1.29 is 18.0 Å². The van der Waals surface area contributed by atoms with Crippen LogP contribution in [0.3, 0.4) is 0 Å². The summed E-state index contributed by atoms with van der Waals surface area (Å²) in [5.74, 6) is -0.235. The van der Waals surface area contributed by atoms with Gasteiger partial charge in [0.2, 0.25) is 5.82 Å². The second-order valence-electron chi connectivity index (χ2n) is 6.61. The lowest BCUT2D eigenvalue weighted by atomic mass is 10.2. The second kappa shape index (κ2) is 8.75. The highest BCUT2D eigenvalue weighted by molar-refractivity contribution is 7.13. The molecule has 0 saturated carbocycles. The third kappa shape index (κ3) is 5.21. The predicted molar refractivity (Wildman–Crippen MR) is 105 cm³/mol. The molecule has 0 bridgehead atoms. The number of aromatic nitrogens is 3. The van der Waals surface area contributed by atoms with Gasteiger partial charge in [0, 0.05) is 6.54 Å². The van der Waals surface area contributed by atoms with Crippen LogP contribution in [0.15, 0.2) is 41.8 Å². The van der Waals surface area contributed by atoms with Gasteiger partial charge in [0.15, 0.2) is 5.82 Å². The minimum absolute atomic E-state index is 0.0873. The summed E-state index contributed by atoms with van der Waals surface area (Å²) in [5.41, 5.74) is -0.611. The fraction of sp³-hybridized carbons (Fsp3) is 0.316. The number of benzene rings is 1. The van der Waals surface area contributed by atoms with Gasteiger partial charge in [-0.15, -0.1) is 16.4 Å². The van der Waals surface area contributed by atoms with Crippen LogP contribution in [0.25, 0.3) is 16.4 Å². The van der Waals surface area contributed by atoms with E-state index in [9.17, 15) is 18.0 Å². The Hall–Kier alpha value is -2.72. The van der Waals surface area contributed by atoms with Crippen molar-refractivity contribution in [1.29, 1.82) is 0 Å². The lowest BCUT2D eigenvalue weighted by Gasteiger charge is -2.10. The Labute approximate surface area is 170 Å². The number of alkyl halides is 3. The van der Waals surface area contributed by atoms with Crippen molar-refractivity contribution in [3.05, 3.63) is 53.2 Å². The number of halogens is 3. The van der Waals surface area contributed by atoms with Crippen molar-refractivity contribution in [1.82, 2.24) is 25.0 Å². The number of hydrogen-bond donors (Lipinski definition) is 1. The van der Waals surface area contributed by atoms with Crippen molar-refractivity contribution in [2.75, 3.05) is 27.2 Å². The van der Waals surface area contributed by atoms with Crippen molar-refractivity contribution in [3.63, 3.8) is 0 Å². The molecule has 0 fully saturated rings. The summed E-state index contributed by atoms with van der Waals surface area (Å²) in [6.07, 6.45) is -3.73. The second-order valence-corrected chi connectivity index (χ2v) is 7.56. The zero-order valence-electron chi connectivity index (χ0n) is 15.9. The number of amides is 1. The SMILES string of the molecule is CN(C)CCCNC(=O)c1nc(-c2cccs2)n(-c2cccc(C(F)(F)F)c2)n1. The zero-order valence-corrected chi connectivity index (χ0v) is 16.7. The maximum Gasteiger partial charge on any atom is 0.416 e. The molecule has 6 nitrogen and oxygen atoms in total. The minimum atomic E-state index is -4.48. The van der Waals surface area contributed by atoms with Crippen molar-refractivity contribution in [2.45, 2.75) is 12.6 Å². The number of hydrogen-bond acceptors (Lipinski definition) is 5. The topological polar surface area (TPSA) is 63.1 Å². The largest absolute Gasteiger partial charge is 0.416 e. The van der Waals surface area contributed by atoms with E-state index in [0.29, 0.717) is 17.2 Å². The molecular formula is C19H20F3N5OS. The Bertz CT molecular complexity index is 967. The van der Waals surface area contributed by atoms with Gasteiger partial charge in [-0.05, 0) is 56.7 Å². The average Bonchev–Trinajstić information content (AvgIpc) is 3.33. The van der Waals surface area contributed by atoms with Crippen LogP contribution in [-0.4, -0.2) is 52.8 Å². The summed E-state index contributed by atoms with van der Waals surface area (Å²) in [6.45, 7) is 1.26. The molecule has 29 heavy (non-hydrogen) atoms. The number of carbonyl (C=O) groups excluding carboxylic acids is 1. The van der Waals surface area contributed by atoms with Crippen LogP contribution >= 0.6 is 11.3 Å². The van der Waals surface area contributed by atoms with Crippen molar-refractivity contribution >= 4 is 17.2 Å². The lowest BCUT2D eigenvalue weighted by molar-refractivity contribution is -0.137. The molecule has 0 unspecified atom stereocenters. The number of rotatable bonds is 7. The molecule has 0 aliphatic heterocycles. The van der Waals surface area contributed by atoms with Crippen LogP contribution in [0.4, 0.5) is 13.2 Å². The van der Waals surface area contributed by atoms with E-state index in [1.807, 2.05) is 24.4 Å². The van der Waals surface area contributed by atoms with E-state index in [4.69, 9.17) is 0 Å². The number of nitrogens with zero attached hydrogens (tertiary/aromatic N) is 4. The molecule has 0 spiro atoms. The predicted octanol–water partition coefficient (Wildman–Crippen LogP) is 3.70. The maximum absolute atomic E-state index is 13.1. The molecule has 0 aliphatic rings. The normalized spacial score (nSPS) is 11.8. The fourth-order valence-electron chi connectivity index (χ4n) is 2.64. The Balaban J connectivity index is 1.92. The first-order valence-electron chi connectivity index (χ1n) is 8.87. The molecule has 10 heteroatoms. The van der Waals surface area contributed by atoms with Crippen LogP contribution in [0.1, 0.15) is 22.6 Å². The summed E-state index contributed by atoms with van der Waals surface area (Å²) in [5, 5.41) is 8.76. The fourth-order valence-corrected chi connectivity index (χ4v) is 3.34. The Morgan fingerprint density at radius 2 is 2.03 bits per heavy atom. The smallest absolute Gasteiger partial charge is 0.349 e. The molecule has 3 aromatic rings. The highest BCUT2D eigenvalue weighted by Gasteiger charge is 2.31. The number of nitrogens with one attached hydrogen (secondary N) is 1. The number of carbonyl (C=O) groups is 1. The van der Waals surface area contributed by atoms with Gasteiger partial charge in [-0.25, -0.2) is 9.67 Å². The quantitative estimate of drug-likeness (QED) is 0.589. The summed E-state index contributed by atoms with van der Waals surface area (Å²) in [4.78, 5) is 19.4. The molecule has 1 aromatic carbocycles. The molecule has 2 aromatic heterocycles. The van der Waals surface area contributed by atoms with Gasteiger partial charge in [-0.3, -0.25) is 4.79 Å². The highest BCUT2D eigenvalue weighted by Crippen LogP contribution is 2.31. The number of thiophene rings is 1. The molecule has 1 amide bonds. The molecule has 154 valence electrons. The summed E-state index contributed by atoms with van der Waals surface area (Å²) >= 11 is 1.36. The Morgan fingerprint density at radius 3 is 2.69 bits per heavy atom. The van der Waals surface area contributed by atoms with E-state index in [-0.39, 0.29) is 11.5 Å². The van der Waals surface area contributed by atoms with Gasteiger partial charge in [-0.2, -0.15) is 13.2 Å². The third-order valence-electron chi connectivity index (χ3n) is 4.04. The average molecular weight is 423 g/mol. The first-order valence-corrected chi connectivity index (χ1v) is 9.75. The standard InChI is InChI=1S/C19H20F3N5OS/c1-26(2)10-5-9-23-18(28)16-24-17(15-8-4-11-29-15)27(25-16)14-7-3-6-13(12-14)19(20,21)22/h3-4,6-8,11-12H,5,9-10H2,1-2H3,(H,23,28). The van der Waals surface area contributed by atoms with Gasteiger partial charge in [0.1, 0.15) is 0 Å². The van der Waals surface area contributed by atoms with Gasteiger partial charge in [0.25, 0.3) is 5.91 Å². The first-order chi connectivity index (χ1) is 13.8. The lowest BCUT2D eigenvalue weighted by Crippen LogP contribution is -2.28. The van der Waals surface area contributed by atoms with Gasteiger partial charge >= 0.3 is 6.18 Å². The maximum atomic E-state index is 13.1. The third-order valence-corrected chi connectivity index (χ3v) is 4.90. The molecule has 0 atom stereocenters. The van der Waals surface area contributed by atoms with E-state index in [0.717, 1.165) is 25.1 Å². The molecular weight excluding hydrogens is 403 g/mol. The van der Waals surface area contributed by atoms with Crippen LogP contribution in [0, 0.1) is 0 Å². The van der Waals surface area contributed by atoms with E-state index in [1.54, 1.807) is 12.1 Å². The van der Waals surface area contributed by atoms with Crippen LogP contribution in [0.5, 0.6) is 0 Å². The Morgan fingerprint density at radius 1 is 1.24 bits per heavy atom. The Kier molecular flexibility index (Phi) is 6.33. The monoisotopic (exact) mass is 423 g/mol. The van der Waals surface area contributed by atoms with Crippen LogP contribution < -0.4 is 5.32 Å².